The smallest absolute Gasteiger partial charge is 0.293 e. The molecule has 1 fully saturated rings. The molecular weight excluding hydrogens is 294 g/mol. The first-order valence-electron chi connectivity index (χ1n) is 7.86. The Bertz CT molecular complexity index is 803. The molecular formula is C16H21N5O2. The summed E-state index contributed by atoms with van der Waals surface area (Å²) in [5, 5.41) is 4.29. The highest BCUT2D eigenvalue weighted by atomic mass is 16.1. The number of piperidine rings is 1. The lowest BCUT2D eigenvalue weighted by atomic mass is 9.97. The molecule has 0 bridgehead atoms. The SMILES string of the molecule is Cc1ccc(=O)n(CC2CCN(c3nccn(C)c3=O)CC2)n1. The van der Waals surface area contributed by atoms with Crippen molar-refractivity contribution in [3.8, 4) is 0 Å². The van der Waals surface area contributed by atoms with E-state index in [1.165, 1.54) is 0 Å². The van der Waals surface area contributed by atoms with Gasteiger partial charge in [-0.3, -0.25) is 9.59 Å². The van der Waals surface area contributed by atoms with E-state index in [4.69, 9.17) is 0 Å². The van der Waals surface area contributed by atoms with E-state index < -0.39 is 0 Å². The van der Waals surface area contributed by atoms with Crippen molar-refractivity contribution >= 4 is 5.82 Å². The summed E-state index contributed by atoms with van der Waals surface area (Å²) < 4.78 is 3.10. The van der Waals surface area contributed by atoms with Gasteiger partial charge < -0.3 is 9.47 Å². The van der Waals surface area contributed by atoms with Crippen LogP contribution in [0.15, 0.2) is 34.1 Å². The average molecular weight is 315 g/mol. The molecule has 122 valence electrons. The Morgan fingerprint density at radius 1 is 1.22 bits per heavy atom. The molecule has 1 aliphatic rings. The fraction of sp³-hybridized carbons (Fsp3) is 0.500. The third kappa shape index (κ3) is 3.33. The van der Waals surface area contributed by atoms with Crippen LogP contribution in [0.4, 0.5) is 5.82 Å². The van der Waals surface area contributed by atoms with Gasteiger partial charge >= 0.3 is 0 Å². The van der Waals surface area contributed by atoms with Crippen LogP contribution in [-0.4, -0.2) is 32.4 Å². The number of nitrogens with zero attached hydrogens (tertiary/aromatic N) is 5. The minimum Gasteiger partial charge on any atom is -0.352 e. The Kier molecular flexibility index (Phi) is 4.27. The number of rotatable bonds is 3. The second kappa shape index (κ2) is 6.36. The minimum atomic E-state index is -0.0671. The largest absolute Gasteiger partial charge is 0.352 e. The zero-order valence-corrected chi connectivity index (χ0v) is 13.5. The fourth-order valence-electron chi connectivity index (χ4n) is 2.96. The molecule has 0 amide bonds. The lowest BCUT2D eigenvalue weighted by molar-refractivity contribution is 0.333. The maximum absolute atomic E-state index is 12.1. The van der Waals surface area contributed by atoms with Crippen molar-refractivity contribution in [2.45, 2.75) is 26.3 Å². The molecule has 3 heterocycles. The van der Waals surface area contributed by atoms with Gasteiger partial charge in [0.1, 0.15) is 0 Å². The lowest BCUT2D eigenvalue weighted by Gasteiger charge is -2.32. The number of aromatic nitrogens is 4. The molecule has 3 rings (SSSR count). The first-order valence-corrected chi connectivity index (χ1v) is 7.86. The van der Waals surface area contributed by atoms with E-state index in [1.54, 1.807) is 40.8 Å². The van der Waals surface area contributed by atoms with E-state index in [9.17, 15) is 9.59 Å². The van der Waals surface area contributed by atoms with E-state index in [-0.39, 0.29) is 11.1 Å². The Morgan fingerprint density at radius 2 is 1.96 bits per heavy atom. The van der Waals surface area contributed by atoms with Crippen LogP contribution < -0.4 is 16.0 Å². The Morgan fingerprint density at radius 3 is 2.70 bits per heavy atom. The molecule has 1 saturated heterocycles. The molecule has 0 N–H and O–H groups in total. The Hall–Kier alpha value is -2.44. The van der Waals surface area contributed by atoms with Crippen molar-refractivity contribution < 1.29 is 0 Å². The predicted molar refractivity (Wildman–Crippen MR) is 87.6 cm³/mol. The predicted octanol–water partition coefficient (Wildman–Crippen LogP) is 0.562. The van der Waals surface area contributed by atoms with Crippen LogP contribution in [0.1, 0.15) is 18.5 Å². The highest BCUT2D eigenvalue weighted by Crippen LogP contribution is 2.20. The van der Waals surface area contributed by atoms with E-state index in [2.05, 4.69) is 10.1 Å². The van der Waals surface area contributed by atoms with Crippen molar-refractivity contribution in [1.82, 2.24) is 19.3 Å². The quantitative estimate of drug-likeness (QED) is 0.827. The molecule has 7 nitrogen and oxygen atoms in total. The van der Waals surface area contributed by atoms with Crippen molar-refractivity contribution in [3.05, 3.63) is 50.9 Å². The second-order valence-electron chi connectivity index (χ2n) is 6.09. The van der Waals surface area contributed by atoms with Crippen LogP contribution >= 0.6 is 0 Å². The van der Waals surface area contributed by atoms with E-state index in [1.807, 2.05) is 11.8 Å². The number of hydrogen-bond donors (Lipinski definition) is 0. The van der Waals surface area contributed by atoms with Gasteiger partial charge in [0.2, 0.25) is 0 Å². The van der Waals surface area contributed by atoms with Crippen LogP contribution in [0.5, 0.6) is 0 Å². The maximum Gasteiger partial charge on any atom is 0.293 e. The summed E-state index contributed by atoms with van der Waals surface area (Å²) in [6, 6.07) is 3.30. The monoisotopic (exact) mass is 315 g/mol. The highest BCUT2D eigenvalue weighted by molar-refractivity contribution is 5.35. The van der Waals surface area contributed by atoms with Gasteiger partial charge in [0, 0.05) is 45.1 Å². The van der Waals surface area contributed by atoms with Crippen molar-refractivity contribution in [1.29, 1.82) is 0 Å². The third-order valence-corrected chi connectivity index (χ3v) is 4.34. The number of aryl methyl sites for hydroxylation is 2. The Balaban J connectivity index is 1.67. The molecule has 0 radical (unpaired) electrons. The van der Waals surface area contributed by atoms with Gasteiger partial charge in [0.05, 0.1) is 5.69 Å². The van der Waals surface area contributed by atoms with Crippen molar-refractivity contribution in [2.75, 3.05) is 18.0 Å². The molecule has 23 heavy (non-hydrogen) atoms. The summed E-state index contributed by atoms with van der Waals surface area (Å²) in [5.74, 6) is 0.908. The van der Waals surface area contributed by atoms with Crippen LogP contribution in [0.3, 0.4) is 0 Å². The maximum atomic E-state index is 12.1. The molecule has 7 heteroatoms. The van der Waals surface area contributed by atoms with E-state index in [0.29, 0.717) is 18.3 Å². The summed E-state index contributed by atoms with van der Waals surface area (Å²) in [5.41, 5.74) is 0.721. The molecule has 0 atom stereocenters. The van der Waals surface area contributed by atoms with Crippen molar-refractivity contribution in [3.63, 3.8) is 0 Å². The fourth-order valence-corrected chi connectivity index (χ4v) is 2.96. The highest BCUT2D eigenvalue weighted by Gasteiger charge is 2.23. The summed E-state index contributed by atoms with van der Waals surface area (Å²) in [6.45, 7) is 4.07. The molecule has 0 spiro atoms. The van der Waals surface area contributed by atoms with Crippen LogP contribution in [0, 0.1) is 12.8 Å². The normalized spacial score (nSPS) is 15.8. The molecule has 2 aromatic heterocycles. The molecule has 0 aromatic carbocycles. The minimum absolute atomic E-state index is 0.0587. The van der Waals surface area contributed by atoms with Gasteiger partial charge in [-0.1, -0.05) is 0 Å². The lowest BCUT2D eigenvalue weighted by Crippen LogP contribution is -2.40. The van der Waals surface area contributed by atoms with Gasteiger partial charge in [0.25, 0.3) is 11.1 Å². The van der Waals surface area contributed by atoms with Crippen LogP contribution in [-0.2, 0) is 13.6 Å². The first-order chi connectivity index (χ1) is 11.0. The van der Waals surface area contributed by atoms with Crippen molar-refractivity contribution in [2.24, 2.45) is 13.0 Å². The zero-order chi connectivity index (χ0) is 16.4. The molecule has 2 aromatic rings. The molecule has 0 unspecified atom stereocenters. The summed E-state index contributed by atoms with van der Waals surface area (Å²) in [6.07, 6.45) is 5.15. The summed E-state index contributed by atoms with van der Waals surface area (Å²) in [7, 11) is 1.73. The Labute approximate surface area is 134 Å². The first kappa shape index (κ1) is 15.5. The number of anilines is 1. The molecule has 0 saturated carbocycles. The second-order valence-corrected chi connectivity index (χ2v) is 6.09. The zero-order valence-electron chi connectivity index (χ0n) is 13.5. The van der Waals surface area contributed by atoms with Gasteiger partial charge in [-0.15, -0.1) is 0 Å². The summed E-state index contributed by atoms with van der Waals surface area (Å²) >= 11 is 0. The summed E-state index contributed by atoms with van der Waals surface area (Å²) in [4.78, 5) is 30.2. The van der Waals surface area contributed by atoms with Gasteiger partial charge in [-0.2, -0.15) is 5.10 Å². The molecule has 0 aliphatic carbocycles. The standard InChI is InChI=1S/C16H21N5O2/c1-12-3-4-14(22)21(18-12)11-13-5-8-20(9-6-13)15-16(23)19(2)10-7-17-15/h3-4,7,10,13H,5-6,8-9,11H2,1-2H3. The van der Waals surface area contributed by atoms with Gasteiger partial charge in [-0.05, 0) is 31.7 Å². The average Bonchev–Trinajstić information content (AvgIpc) is 2.54. The number of hydrogen-bond acceptors (Lipinski definition) is 5. The van der Waals surface area contributed by atoms with Gasteiger partial charge in [-0.25, -0.2) is 9.67 Å². The van der Waals surface area contributed by atoms with E-state index >= 15 is 0 Å². The van der Waals surface area contributed by atoms with Crippen LogP contribution in [0.25, 0.3) is 0 Å². The van der Waals surface area contributed by atoms with E-state index in [0.717, 1.165) is 31.6 Å². The topological polar surface area (TPSA) is 73.0 Å². The third-order valence-electron chi connectivity index (χ3n) is 4.34. The van der Waals surface area contributed by atoms with Gasteiger partial charge in [0.15, 0.2) is 5.82 Å². The molecule has 1 aliphatic heterocycles. The van der Waals surface area contributed by atoms with Crippen LogP contribution in [0.2, 0.25) is 0 Å².